The minimum Gasteiger partial charge on any atom is -0.337 e. The smallest absolute Gasteiger partial charge is 0.264 e. The van der Waals surface area contributed by atoms with E-state index < -0.39 is 0 Å². The molecule has 4 nitrogen and oxygen atoms in total. The van der Waals surface area contributed by atoms with Crippen molar-refractivity contribution in [3.63, 3.8) is 0 Å². The van der Waals surface area contributed by atoms with Crippen molar-refractivity contribution >= 4 is 17.7 Å². The van der Waals surface area contributed by atoms with Crippen molar-refractivity contribution in [1.29, 1.82) is 0 Å². The first-order chi connectivity index (χ1) is 7.28. The highest BCUT2D eigenvalue weighted by Gasteiger charge is 2.33. The molecule has 0 unspecified atom stereocenters. The van der Waals surface area contributed by atoms with Crippen molar-refractivity contribution in [3.8, 4) is 0 Å². The van der Waals surface area contributed by atoms with Crippen molar-refractivity contribution in [2.75, 3.05) is 11.6 Å². The summed E-state index contributed by atoms with van der Waals surface area (Å²) in [5, 5.41) is 7.34. The van der Waals surface area contributed by atoms with Crippen LogP contribution < -0.4 is 5.32 Å². The molecular weight excluding hydrogens is 210 g/mol. The Hall–Kier alpha value is -0.710. The van der Waals surface area contributed by atoms with Crippen LogP contribution in [0.5, 0.6) is 0 Å². The van der Waals surface area contributed by atoms with Crippen molar-refractivity contribution in [1.82, 2.24) is 10.1 Å². The van der Waals surface area contributed by atoms with Gasteiger partial charge in [-0.2, -0.15) is 4.98 Å². The van der Waals surface area contributed by atoms with E-state index in [1.807, 2.05) is 18.7 Å². The average molecular weight is 227 g/mol. The van der Waals surface area contributed by atoms with Crippen LogP contribution >= 0.6 is 11.8 Å². The molecule has 0 amide bonds. The second-order valence-electron chi connectivity index (χ2n) is 3.90. The largest absolute Gasteiger partial charge is 0.337 e. The van der Waals surface area contributed by atoms with Gasteiger partial charge < -0.3 is 9.84 Å². The van der Waals surface area contributed by atoms with E-state index in [-0.39, 0.29) is 4.87 Å². The summed E-state index contributed by atoms with van der Waals surface area (Å²) in [6.07, 6.45) is 7.87. The Balaban J connectivity index is 2.05. The maximum atomic E-state index is 5.08. The molecule has 1 heterocycles. The third kappa shape index (κ3) is 2.27. The van der Waals surface area contributed by atoms with Crippen LogP contribution in [0.2, 0.25) is 0 Å². The van der Waals surface area contributed by atoms with E-state index in [0.29, 0.717) is 11.8 Å². The fourth-order valence-corrected chi connectivity index (χ4v) is 2.87. The Labute approximate surface area is 94.2 Å². The number of thioether (sulfide) groups is 1. The van der Waals surface area contributed by atoms with E-state index in [9.17, 15) is 0 Å². The fraction of sp³-hybridized carbons (Fsp3) is 0.800. The van der Waals surface area contributed by atoms with Crippen LogP contribution in [0.1, 0.15) is 38.5 Å². The fourth-order valence-electron chi connectivity index (χ4n) is 1.98. The molecule has 1 N–H and O–H groups in total. The molecule has 1 aliphatic rings. The quantitative estimate of drug-likeness (QED) is 0.801. The Morgan fingerprint density at radius 3 is 2.73 bits per heavy atom. The zero-order chi connectivity index (χ0) is 10.7. The predicted molar refractivity (Wildman–Crippen MR) is 62.0 cm³/mol. The van der Waals surface area contributed by atoms with E-state index in [0.717, 1.165) is 6.42 Å². The van der Waals surface area contributed by atoms with Crippen molar-refractivity contribution in [3.05, 3.63) is 5.89 Å². The third-order valence-corrected chi connectivity index (χ3v) is 4.20. The van der Waals surface area contributed by atoms with Crippen LogP contribution in [0.4, 0.5) is 5.95 Å². The van der Waals surface area contributed by atoms with Gasteiger partial charge in [-0.1, -0.05) is 19.8 Å². The number of nitrogens with zero attached hydrogens (tertiary/aromatic N) is 2. The molecule has 0 aromatic carbocycles. The number of aromatic nitrogens is 2. The summed E-state index contributed by atoms with van der Waals surface area (Å²) in [5.41, 5.74) is 0. The Morgan fingerprint density at radius 2 is 2.20 bits per heavy atom. The Morgan fingerprint density at radius 1 is 1.47 bits per heavy atom. The monoisotopic (exact) mass is 227 g/mol. The summed E-state index contributed by atoms with van der Waals surface area (Å²) < 4.78 is 5.08. The van der Waals surface area contributed by atoms with Crippen molar-refractivity contribution in [2.45, 2.75) is 43.9 Å². The van der Waals surface area contributed by atoms with Gasteiger partial charge in [0.05, 0.1) is 4.87 Å². The molecule has 0 bridgehead atoms. The number of hydrogen-bond acceptors (Lipinski definition) is 5. The summed E-state index contributed by atoms with van der Waals surface area (Å²) in [6.45, 7) is 2.01. The van der Waals surface area contributed by atoms with Crippen molar-refractivity contribution < 1.29 is 4.52 Å². The van der Waals surface area contributed by atoms with Gasteiger partial charge in [-0.05, 0) is 24.3 Å². The van der Waals surface area contributed by atoms with Gasteiger partial charge in [0.2, 0.25) is 5.89 Å². The van der Waals surface area contributed by atoms with Crippen LogP contribution in [0.3, 0.4) is 0 Å². The molecule has 1 saturated carbocycles. The molecule has 0 radical (unpaired) electrons. The topological polar surface area (TPSA) is 51.0 Å². The Kier molecular flexibility index (Phi) is 3.19. The lowest BCUT2D eigenvalue weighted by Gasteiger charge is -2.26. The number of hydrogen-bond donors (Lipinski definition) is 1. The standard InChI is InChI=1S/C10H17N3OS/c1-3-8-11-9(13-14-8)12-10(15-2)6-4-5-7-10/h3-7H2,1-2H3,(H,12,13). The van der Waals surface area contributed by atoms with Gasteiger partial charge in [0.1, 0.15) is 0 Å². The van der Waals surface area contributed by atoms with Gasteiger partial charge in [-0.3, -0.25) is 0 Å². The first-order valence-corrected chi connectivity index (χ1v) is 6.66. The summed E-state index contributed by atoms with van der Waals surface area (Å²) in [5.74, 6) is 1.34. The van der Waals surface area contributed by atoms with Crippen LogP contribution in [0.25, 0.3) is 0 Å². The van der Waals surface area contributed by atoms with E-state index in [2.05, 4.69) is 21.7 Å². The van der Waals surface area contributed by atoms with Gasteiger partial charge in [-0.25, -0.2) is 0 Å². The average Bonchev–Trinajstić information content (AvgIpc) is 2.88. The van der Waals surface area contributed by atoms with E-state index in [4.69, 9.17) is 4.52 Å². The maximum Gasteiger partial charge on any atom is 0.264 e. The zero-order valence-electron chi connectivity index (χ0n) is 9.25. The maximum absolute atomic E-state index is 5.08. The molecular formula is C10H17N3OS. The second kappa shape index (κ2) is 4.43. The van der Waals surface area contributed by atoms with Crippen LogP contribution in [0, 0.1) is 0 Å². The summed E-state index contributed by atoms with van der Waals surface area (Å²) in [4.78, 5) is 4.42. The third-order valence-electron chi connectivity index (χ3n) is 2.91. The minimum absolute atomic E-state index is 0.134. The van der Waals surface area contributed by atoms with Crippen LogP contribution in [-0.2, 0) is 6.42 Å². The van der Waals surface area contributed by atoms with Crippen LogP contribution in [0.15, 0.2) is 4.52 Å². The van der Waals surface area contributed by atoms with E-state index in [1.165, 1.54) is 25.7 Å². The minimum atomic E-state index is 0.134. The summed E-state index contributed by atoms with van der Waals surface area (Å²) in [7, 11) is 0. The van der Waals surface area contributed by atoms with Gasteiger partial charge in [-0.15, -0.1) is 11.8 Å². The van der Waals surface area contributed by atoms with Crippen LogP contribution in [-0.4, -0.2) is 21.3 Å². The number of aryl methyl sites for hydroxylation is 1. The van der Waals surface area contributed by atoms with E-state index >= 15 is 0 Å². The Bertz CT molecular complexity index is 320. The molecule has 1 aliphatic carbocycles. The van der Waals surface area contributed by atoms with Gasteiger partial charge in [0.25, 0.3) is 5.95 Å². The van der Waals surface area contributed by atoms with Gasteiger partial charge in [0, 0.05) is 6.42 Å². The molecule has 0 aliphatic heterocycles. The first-order valence-electron chi connectivity index (χ1n) is 5.44. The normalized spacial score (nSPS) is 19.3. The molecule has 5 heteroatoms. The number of rotatable bonds is 4. The highest BCUT2D eigenvalue weighted by atomic mass is 32.2. The number of anilines is 1. The van der Waals surface area contributed by atoms with E-state index in [1.54, 1.807) is 0 Å². The number of nitrogens with one attached hydrogen (secondary N) is 1. The van der Waals surface area contributed by atoms with Gasteiger partial charge in [0.15, 0.2) is 0 Å². The van der Waals surface area contributed by atoms with Crippen molar-refractivity contribution in [2.24, 2.45) is 0 Å². The summed E-state index contributed by atoms with van der Waals surface area (Å²) in [6, 6.07) is 0. The molecule has 1 fully saturated rings. The lowest BCUT2D eigenvalue weighted by molar-refractivity contribution is 0.382. The molecule has 1 aromatic heterocycles. The lowest BCUT2D eigenvalue weighted by Crippen LogP contribution is -2.31. The zero-order valence-corrected chi connectivity index (χ0v) is 10.1. The molecule has 84 valence electrons. The molecule has 2 rings (SSSR count). The molecule has 0 atom stereocenters. The lowest BCUT2D eigenvalue weighted by atomic mass is 10.2. The predicted octanol–water partition coefficient (Wildman–Crippen LogP) is 2.68. The first kappa shape index (κ1) is 10.8. The molecule has 0 saturated heterocycles. The molecule has 1 aromatic rings. The molecule has 15 heavy (non-hydrogen) atoms. The van der Waals surface area contributed by atoms with Gasteiger partial charge >= 0.3 is 0 Å². The highest BCUT2D eigenvalue weighted by Crippen LogP contribution is 2.39. The highest BCUT2D eigenvalue weighted by molar-refractivity contribution is 8.00. The molecule has 0 spiro atoms. The summed E-state index contributed by atoms with van der Waals surface area (Å²) >= 11 is 1.86. The second-order valence-corrected chi connectivity index (χ2v) is 5.09. The SMILES string of the molecule is CCc1nc(NC2(SC)CCCC2)no1.